The second kappa shape index (κ2) is 7.83. The molecule has 132 valence electrons. The average molecular weight is 340 g/mol. The van der Waals surface area contributed by atoms with Gasteiger partial charge in [0.25, 0.3) is 5.91 Å². The molecule has 0 bridgehead atoms. The molecule has 2 amide bonds. The van der Waals surface area contributed by atoms with Crippen molar-refractivity contribution in [1.29, 1.82) is 0 Å². The number of ether oxygens (including phenoxy) is 1. The minimum Gasteiger partial charge on any atom is -0.481 e. The molecule has 1 unspecified atom stereocenters. The fourth-order valence-corrected chi connectivity index (χ4v) is 2.52. The fraction of sp³-hybridized carbons (Fsp3) is 0.300. The summed E-state index contributed by atoms with van der Waals surface area (Å²) in [4.78, 5) is 24.0. The van der Waals surface area contributed by atoms with Crippen LogP contribution in [0.3, 0.4) is 0 Å². The molecule has 0 aromatic heterocycles. The van der Waals surface area contributed by atoms with Crippen LogP contribution >= 0.6 is 0 Å². The Hall–Kier alpha value is -2.82. The van der Waals surface area contributed by atoms with Crippen LogP contribution in [0.4, 0.5) is 5.69 Å². The first kappa shape index (κ1) is 18.5. The van der Waals surface area contributed by atoms with Crippen LogP contribution in [0.5, 0.6) is 5.75 Å². The first-order chi connectivity index (χ1) is 11.8. The van der Waals surface area contributed by atoms with Crippen LogP contribution < -0.4 is 15.8 Å². The van der Waals surface area contributed by atoms with E-state index in [4.69, 9.17) is 10.5 Å². The summed E-state index contributed by atoms with van der Waals surface area (Å²) in [5.74, 6) is -0.120. The molecule has 1 atom stereocenters. The van der Waals surface area contributed by atoms with Crippen LogP contribution in [0.25, 0.3) is 0 Å². The number of aryl methyl sites for hydroxylation is 2. The molecule has 0 saturated carbocycles. The van der Waals surface area contributed by atoms with Gasteiger partial charge in [0.05, 0.1) is 0 Å². The van der Waals surface area contributed by atoms with Crippen molar-refractivity contribution in [2.24, 2.45) is 5.73 Å². The summed E-state index contributed by atoms with van der Waals surface area (Å²) in [7, 11) is 0. The Balaban J connectivity index is 2.16. The number of anilines is 1. The van der Waals surface area contributed by atoms with Crippen molar-refractivity contribution in [2.45, 2.75) is 40.2 Å². The molecular formula is C20H24N2O3. The molecule has 3 N–H and O–H groups in total. The number of rotatable bonds is 6. The highest BCUT2D eigenvalue weighted by Crippen LogP contribution is 2.21. The Labute approximate surface area is 148 Å². The van der Waals surface area contributed by atoms with Crippen molar-refractivity contribution in [2.75, 3.05) is 5.32 Å². The highest BCUT2D eigenvalue weighted by atomic mass is 16.5. The van der Waals surface area contributed by atoms with Gasteiger partial charge in [0, 0.05) is 11.3 Å². The molecule has 0 aliphatic rings. The minimum absolute atomic E-state index is 0.259. The summed E-state index contributed by atoms with van der Waals surface area (Å²) in [5, 5.41) is 2.83. The minimum atomic E-state index is -0.626. The third-order valence-electron chi connectivity index (χ3n) is 4.28. The van der Waals surface area contributed by atoms with Gasteiger partial charge in [0.2, 0.25) is 5.91 Å². The Bertz CT molecular complexity index is 800. The van der Waals surface area contributed by atoms with Crippen molar-refractivity contribution in [1.82, 2.24) is 0 Å². The Morgan fingerprint density at radius 1 is 1.12 bits per heavy atom. The highest BCUT2D eigenvalue weighted by Gasteiger charge is 2.20. The lowest BCUT2D eigenvalue weighted by Gasteiger charge is -2.19. The van der Waals surface area contributed by atoms with Gasteiger partial charge in [-0.1, -0.05) is 19.1 Å². The van der Waals surface area contributed by atoms with Gasteiger partial charge in [-0.25, -0.2) is 0 Å². The van der Waals surface area contributed by atoms with E-state index < -0.39 is 12.0 Å². The predicted molar refractivity (Wildman–Crippen MR) is 98.9 cm³/mol. The van der Waals surface area contributed by atoms with Gasteiger partial charge in [0.15, 0.2) is 6.10 Å². The van der Waals surface area contributed by atoms with E-state index in [1.807, 2.05) is 39.0 Å². The first-order valence-electron chi connectivity index (χ1n) is 8.27. The van der Waals surface area contributed by atoms with Gasteiger partial charge in [-0.3, -0.25) is 9.59 Å². The maximum Gasteiger partial charge on any atom is 0.265 e. The van der Waals surface area contributed by atoms with Gasteiger partial charge in [0.1, 0.15) is 5.75 Å². The molecule has 2 aromatic carbocycles. The Kier molecular flexibility index (Phi) is 5.80. The molecule has 5 nitrogen and oxygen atoms in total. The van der Waals surface area contributed by atoms with E-state index in [0.717, 1.165) is 5.56 Å². The molecule has 0 aliphatic carbocycles. The van der Waals surface area contributed by atoms with E-state index >= 15 is 0 Å². The van der Waals surface area contributed by atoms with E-state index in [1.165, 1.54) is 5.56 Å². The highest BCUT2D eigenvalue weighted by molar-refractivity contribution is 5.99. The molecule has 0 saturated heterocycles. The Morgan fingerprint density at radius 3 is 2.44 bits per heavy atom. The number of hydrogen-bond acceptors (Lipinski definition) is 3. The van der Waals surface area contributed by atoms with Crippen LogP contribution in [0.2, 0.25) is 0 Å². The molecule has 0 aliphatic heterocycles. The molecule has 0 radical (unpaired) electrons. The normalized spacial score (nSPS) is 11.7. The quantitative estimate of drug-likeness (QED) is 0.844. The van der Waals surface area contributed by atoms with Crippen LogP contribution in [-0.4, -0.2) is 17.9 Å². The topological polar surface area (TPSA) is 81.4 Å². The Morgan fingerprint density at radius 2 is 1.84 bits per heavy atom. The van der Waals surface area contributed by atoms with Crippen LogP contribution in [0.1, 0.15) is 40.4 Å². The van der Waals surface area contributed by atoms with Crippen LogP contribution in [0, 0.1) is 20.8 Å². The zero-order chi connectivity index (χ0) is 18.6. The third-order valence-corrected chi connectivity index (χ3v) is 4.28. The number of carbonyl (C=O) groups excluding carboxylic acids is 2. The van der Waals surface area contributed by atoms with E-state index in [0.29, 0.717) is 29.0 Å². The van der Waals surface area contributed by atoms with Crippen molar-refractivity contribution in [3.8, 4) is 5.75 Å². The second-order valence-electron chi connectivity index (χ2n) is 6.09. The summed E-state index contributed by atoms with van der Waals surface area (Å²) in [5.41, 5.74) is 9.22. The third kappa shape index (κ3) is 4.38. The molecule has 2 rings (SSSR count). The van der Waals surface area contributed by atoms with Crippen molar-refractivity contribution >= 4 is 17.5 Å². The summed E-state index contributed by atoms with van der Waals surface area (Å²) in [6.45, 7) is 7.67. The number of amides is 2. The molecule has 5 heteroatoms. The number of hydrogen-bond donors (Lipinski definition) is 2. The molecule has 0 spiro atoms. The molecular weight excluding hydrogens is 316 g/mol. The lowest BCUT2D eigenvalue weighted by molar-refractivity contribution is -0.122. The largest absolute Gasteiger partial charge is 0.481 e. The van der Waals surface area contributed by atoms with E-state index in [-0.39, 0.29) is 5.91 Å². The maximum atomic E-state index is 12.6. The van der Waals surface area contributed by atoms with Crippen molar-refractivity contribution < 1.29 is 14.3 Å². The van der Waals surface area contributed by atoms with Gasteiger partial charge in [-0.15, -0.1) is 0 Å². The van der Waals surface area contributed by atoms with Crippen molar-refractivity contribution in [3.63, 3.8) is 0 Å². The van der Waals surface area contributed by atoms with Gasteiger partial charge in [-0.2, -0.15) is 0 Å². The van der Waals surface area contributed by atoms with E-state index in [9.17, 15) is 9.59 Å². The SMILES string of the molecule is CCC(Oc1ccc(C)c(C)c1)C(=O)Nc1cccc(C(N)=O)c1C. The first-order valence-corrected chi connectivity index (χ1v) is 8.27. The average Bonchev–Trinajstić information content (AvgIpc) is 2.57. The van der Waals surface area contributed by atoms with Crippen molar-refractivity contribution in [3.05, 3.63) is 58.7 Å². The van der Waals surface area contributed by atoms with E-state index in [2.05, 4.69) is 5.32 Å². The molecule has 2 aromatic rings. The summed E-state index contributed by atoms with van der Waals surface area (Å²) >= 11 is 0. The van der Waals surface area contributed by atoms with Crippen LogP contribution in [0.15, 0.2) is 36.4 Å². The zero-order valence-electron chi connectivity index (χ0n) is 15.1. The number of benzene rings is 2. The monoisotopic (exact) mass is 340 g/mol. The number of nitrogens with two attached hydrogens (primary N) is 1. The van der Waals surface area contributed by atoms with Gasteiger partial charge in [-0.05, 0) is 68.1 Å². The summed E-state index contributed by atoms with van der Waals surface area (Å²) in [6, 6.07) is 10.8. The smallest absolute Gasteiger partial charge is 0.265 e. The number of carbonyl (C=O) groups is 2. The van der Waals surface area contributed by atoms with Crippen LogP contribution in [-0.2, 0) is 4.79 Å². The van der Waals surface area contributed by atoms with E-state index in [1.54, 1.807) is 25.1 Å². The predicted octanol–water partition coefficient (Wildman–Crippen LogP) is 3.51. The standard InChI is InChI=1S/C20H24N2O3/c1-5-18(25-15-10-9-12(2)13(3)11-15)20(24)22-17-8-6-7-16(14(17)4)19(21)23/h6-11,18H,5H2,1-4H3,(H2,21,23)(H,22,24). The maximum absolute atomic E-state index is 12.6. The van der Waals surface area contributed by atoms with Gasteiger partial charge < -0.3 is 15.8 Å². The number of nitrogens with one attached hydrogen (secondary N) is 1. The lowest BCUT2D eigenvalue weighted by atomic mass is 10.1. The lowest BCUT2D eigenvalue weighted by Crippen LogP contribution is -2.32. The number of primary amides is 1. The molecule has 25 heavy (non-hydrogen) atoms. The van der Waals surface area contributed by atoms with Gasteiger partial charge >= 0.3 is 0 Å². The zero-order valence-corrected chi connectivity index (χ0v) is 15.1. The second-order valence-corrected chi connectivity index (χ2v) is 6.09. The summed E-state index contributed by atoms with van der Waals surface area (Å²) in [6.07, 6.45) is -0.105. The fourth-order valence-electron chi connectivity index (χ4n) is 2.52. The molecule has 0 fully saturated rings. The summed E-state index contributed by atoms with van der Waals surface area (Å²) < 4.78 is 5.85. The molecule has 0 heterocycles.